The third kappa shape index (κ3) is 3.40. The molecule has 5 rings (SSSR count). The second kappa shape index (κ2) is 7.34. The summed E-state index contributed by atoms with van der Waals surface area (Å²) >= 11 is 3.32. The van der Waals surface area contributed by atoms with Crippen LogP contribution in [0, 0.1) is 29.1 Å². The first-order valence-electron chi connectivity index (χ1n) is 10.8. The summed E-state index contributed by atoms with van der Waals surface area (Å²) in [6.45, 7) is 1.91. The average Bonchev–Trinajstić information content (AvgIpc) is 3.38. The number of rotatable bonds is 4. The van der Waals surface area contributed by atoms with Gasteiger partial charge in [0.25, 0.3) is 0 Å². The lowest BCUT2D eigenvalue weighted by atomic mass is 9.78. The number of amides is 1. The van der Waals surface area contributed by atoms with Gasteiger partial charge in [-0.1, -0.05) is 0 Å². The van der Waals surface area contributed by atoms with Crippen molar-refractivity contribution in [3.8, 4) is 0 Å². The molecular weight excluding hydrogens is 434 g/mol. The number of halogens is 1. The van der Waals surface area contributed by atoms with Crippen LogP contribution in [-0.2, 0) is 14.3 Å². The Bertz CT molecular complexity index is 802. The van der Waals surface area contributed by atoms with E-state index >= 15 is 0 Å². The van der Waals surface area contributed by atoms with Crippen molar-refractivity contribution in [3.63, 3.8) is 0 Å². The lowest BCUT2D eigenvalue weighted by molar-refractivity contribution is -0.161. The maximum atomic E-state index is 13.3. The van der Waals surface area contributed by atoms with E-state index in [0.717, 1.165) is 56.2 Å². The van der Waals surface area contributed by atoms with Crippen molar-refractivity contribution in [1.82, 2.24) is 9.88 Å². The number of nitrogens with one attached hydrogen (secondary N) is 1. The summed E-state index contributed by atoms with van der Waals surface area (Å²) in [7, 11) is 2.10. The maximum Gasteiger partial charge on any atom is 0.310 e. The Labute approximate surface area is 179 Å². The fourth-order valence-corrected chi connectivity index (χ4v) is 6.58. The lowest BCUT2D eigenvalue weighted by Crippen LogP contribution is -2.41. The Kier molecular flexibility index (Phi) is 4.93. The molecule has 3 aliphatic carbocycles. The molecule has 0 unspecified atom stereocenters. The molecule has 4 fully saturated rings. The molecule has 1 aromatic heterocycles. The minimum absolute atomic E-state index is 0.00707. The SMILES string of the molecule is CN1CCC(OC(=O)[C@H]2[C@H](C(=O)Nc3ccc(Br)nc3)[C@@H]3CC[C@H]2C32CC2)CC1. The van der Waals surface area contributed by atoms with E-state index < -0.39 is 0 Å². The monoisotopic (exact) mass is 461 g/mol. The second-order valence-corrected chi connectivity index (χ2v) is 10.2. The summed E-state index contributed by atoms with van der Waals surface area (Å²) in [5, 5.41) is 3.02. The van der Waals surface area contributed by atoms with E-state index in [1.807, 2.05) is 12.1 Å². The molecule has 7 heteroatoms. The highest BCUT2D eigenvalue weighted by atomic mass is 79.9. The minimum atomic E-state index is -0.292. The largest absolute Gasteiger partial charge is 0.462 e. The molecule has 4 aliphatic rings. The summed E-state index contributed by atoms with van der Waals surface area (Å²) in [4.78, 5) is 33.0. The number of anilines is 1. The number of pyridine rings is 1. The number of piperidine rings is 1. The van der Waals surface area contributed by atoms with Crippen LogP contribution in [0.15, 0.2) is 22.9 Å². The molecule has 156 valence electrons. The van der Waals surface area contributed by atoms with Crippen molar-refractivity contribution in [3.05, 3.63) is 22.9 Å². The van der Waals surface area contributed by atoms with E-state index in [2.05, 4.69) is 38.2 Å². The van der Waals surface area contributed by atoms with Crippen LogP contribution in [0.5, 0.6) is 0 Å². The first-order valence-corrected chi connectivity index (χ1v) is 11.6. The van der Waals surface area contributed by atoms with Crippen LogP contribution in [0.1, 0.15) is 38.5 Å². The topological polar surface area (TPSA) is 71.5 Å². The van der Waals surface area contributed by atoms with Crippen molar-refractivity contribution < 1.29 is 14.3 Å². The predicted molar refractivity (Wildman–Crippen MR) is 112 cm³/mol. The number of carbonyl (C=O) groups is 2. The minimum Gasteiger partial charge on any atom is -0.462 e. The maximum absolute atomic E-state index is 13.3. The Balaban J connectivity index is 1.33. The van der Waals surface area contributed by atoms with Gasteiger partial charge in [-0.3, -0.25) is 9.59 Å². The summed E-state index contributed by atoms with van der Waals surface area (Å²) < 4.78 is 6.71. The number of likely N-dealkylation sites (tertiary alicyclic amines) is 1. The van der Waals surface area contributed by atoms with Gasteiger partial charge in [0.15, 0.2) is 0 Å². The van der Waals surface area contributed by atoms with Crippen LogP contribution in [0.2, 0.25) is 0 Å². The Morgan fingerprint density at radius 2 is 1.83 bits per heavy atom. The van der Waals surface area contributed by atoms with Gasteiger partial charge >= 0.3 is 5.97 Å². The van der Waals surface area contributed by atoms with Crippen LogP contribution in [0.3, 0.4) is 0 Å². The van der Waals surface area contributed by atoms with Crippen LogP contribution in [-0.4, -0.2) is 48.0 Å². The molecule has 29 heavy (non-hydrogen) atoms. The molecule has 1 spiro atoms. The number of ether oxygens (including phenoxy) is 1. The fraction of sp³-hybridized carbons (Fsp3) is 0.682. The van der Waals surface area contributed by atoms with Gasteiger partial charge in [0.2, 0.25) is 5.91 Å². The van der Waals surface area contributed by atoms with Crippen LogP contribution < -0.4 is 5.32 Å². The summed E-state index contributed by atoms with van der Waals surface area (Å²) in [6, 6.07) is 3.64. The number of hydrogen-bond donors (Lipinski definition) is 1. The quantitative estimate of drug-likeness (QED) is 0.548. The molecule has 1 amide bonds. The Hall–Kier alpha value is -1.47. The molecule has 1 N–H and O–H groups in total. The first kappa shape index (κ1) is 19.5. The van der Waals surface area contributed by atoms with Gasteiger partial charge in [-0.05, 0) is 90.9 Å². The van der Waals surface area contributed by atoms with Crippen LogP contribution in [0.25, 0.3) is 0 Å². The second-order valence-electron chi connectivity index (χ2n) is 9.37. The molecule has 0 aromatic carbocycles. The standard InChI is InChI=1S/C22H28BrN3O3/c1-26-10-6-14(7-11-26)29-21(28)19-16-4-3-15(22(16)8-9-22)18(19)20(27)25-13-2-5-17(23)24-12-13/h2,5,12,14-16,18-19H,3-4,6-11H2,1H3,(H,25,27)/t15-,16+,18+,19+/m0/s1. The van der Waals surface area contributed by atoms with E-state index in [4.69, 9.17) is 4.74 Å². The molecule has 6 nitrogen and oxygen atoms in total. The van der Waals surface area contributed by atoms with E-state index in [-0.39, 0.29) is 35.2 Å². The predicted octanol–water partition coefficient (Wildman–Crippen LogP) is 3.47. The van der Waals surface area contributed by atoms with Gasteiger partial charge < -0.3 is 15.0 Å². The van der Waals surface area contributed by atoms with Gasteiger partial charge in [0.05, 0.1) is 23.7 Å². The fourth-order valence-electron chi connectivity index (χ4n) is 6.35. The zero-order valence-electron chi connectivity index (χ0n) is 16.8. The molecule has 3 saturated carbocycles. The molecular formula is C22H28BrN3O3. The smallest absolute Gasteiger partial charge is 0.310 e. The summed E-state index contributed by atoms with van der Waals surface area (Å²) in [6.07, 6.45) is 7.83. The highest BCUT2D eigenvalue weighted by molar-refractivity contribution is 9.10. The first-order chi connectivity index (χ1) is 14.0. The Morgan fingerprint density at radius 1 is 1.14 bits per heavy atom. The van der Waals surface area contributed by atoms with E-state index in [1.165, 1.54) is 0 Å². The number of carbonyl (C=O) groups excluding carboxylic acids is 2. The van der Waals surface area contributed by atoms with E-state index in [9.17, 15) is 9.59 Å². The van der Waals surface area contributed by atoms with Crippen molar-refractivity contribution in [1.29, 1.82) is 0 Å². The molecule has 1 aromatic rings. The van der Waals surface area contributed by atoms with Gasteiger partial charge in [0.1, 0.15) is 10.7 Å². The number of hydrogen-bond acceptors (Lipinski definition) is 5. The number of aromatic nitrogens is 1. The molecule has 4 atom stereocenters. The zero-order valence-corrected chi connectivity index (χ0v) is 18.4. The Morgan fingerprint density at radius 3 is 2.45 bits per heavy atom. The van der Waals surface area contributed by atoms with Crippen molar-refractivity contribution in [2.75, 3.05) is 25.5 Å². The third-order valence-electron chi connectivity index (χ3n) is 7.87. The van der Waals surface area contributed by atoms with Crippen molar-refractivity contribution in [2.45, 2.75) is 44.6 Å². The number of esters is 1. The van der Waals surface area contributed by atoms with Gasteiger partial charge in [-0.25, -0.2) is 4.98 Å². The summed E-state index contributed by atoms with van der Waals surface area (Å²) in [5.41, 5.74) is 0.893. The van der Waals surface area contributed by atoms with Gasteiger partial charge in [0, 0.05) is 13.1 Å². The molecule has 1 aliphatic heterocycles. The summed E-state index contributed by atoms with van der Waals surface area (Å²) in [5.74, 6) is -0.126. The van der Waals surface area contributed by atoms with Crippen molar-refractivity contribution in [2.24, 2.45) is 29.1 Å². The number of nitrogens with zero attached hydrogens (tertiary/aromatic N) is 2. The van der Waals surface area contributed by atoms with E-state index in [1.54, 1.807) is 6.20 Å². The zero-order chi connectivity index (χ0) is 20.2. The van der Waals surface area contributed by atoms with Crippen LogP contribution >= 0.6 is 15.9 Å². The highest BCUT2D eigenvalue weighted by Crippen LogP contribution is 2.74. The molecule has 2 bridgehead atoms. The van der Waals surface area contributed by atoms with E-state index in [0.29, 0.717) is 17.5 Å². The highest BCUT2D eigenvalue weighted by Gasteiger charge is 2.72. The molecule has 0 radical (unpaired) electrons. The molecule has 2 heterocycles. The van der Waals surface area contributed by atoms with Crippen LogP contribution in [0.4, 0.5) is 5.69 Å². The van der Waals surface area contributed by atoms with Gasteiger partial charge in [-0.2, -0.15) is 0 Å². The average molecular weight is 462 g/mol. The molecule has 1 saturated heterocycles. The lowest BCUT2D eigenvalue weighted by Gasteiger charge is -2.32. The normalized spacial score (nSPS) is 33.0. The van der Waals surface area contributed by atoms with Gasteiger partial charge in [-0.15, -0.1) is 0 Å². The third-order valence-corrected chi connectivity index (χ3v) is 8.33. The van der Waals surface area contributed by atoms with Crippen molar-refractivity contribution >= 4 is 33.5 Å².